The molecule has 15 heavy (non-hydrogen) atoms. The summed E-state index contributed by atoms with van der Waals surface area (Å²) in [6.45, 7) is 2.99. The number of hydrogen-bond donors (Lipinski definition) is 2. The second-order valence-corrected chi connectivity index (χ2v) is 4.19. The van der Waals surface area contributed by atoms with Crippen molar-refractivity contribution >= 4 is 11.4 Å². The van der Waals surface area contributed by atoms with Crippen molar-refractivity contribution in [2.45, 2.75) is 25.8 Å². The van der Waals surface area contributed by atoms with Crippen LogP contribution in [-0.2, 0) is 0 Å². The van der Waals surface area contributed by atoms with Crippen LogP contribution in [0.3, 0.4) is 0 Å². The summed E-state index contributed by atoms with van der Waals surface area (Å²) >= 11 is 0. The van der Waals surface area contributed by atoms with Crippen LogP contribution in [0.25, 0.3) is 0 Å². The molecular weight excluding hydrogens is 188 g/mol. The smallest absolute Gasteiger partial charge is 0.0606 e. The Morgan fingerprint density at radius 1 is 1.47 bits per heavy atom. The molecular formula is C12H18N2O. The quantitative estimate of drug-likeness (QED) is 0.735. The average molecular weight is 206 g/mol. The Morgan fingerprint density at radius 2 is 2.20 bits per heavy atom. The third-order valence-electron chi connectivity index (χ3n) is 2.86. The van der Waals surface area contributed by atoms with Crippen LogP contribution in [0.1, 0.15) is 18.4 Å². The summed E-state index contributed by atoms with van der Waals surface area (Å²) in [4.78, 5) is 2.29. The number of aliphatic hydroxyl groups excluding tert-OH is 1. The number of nitrogen functional groups attached to an aromatic ring is 1. The molecule has 1 saturated carbocycles. The van der Waals surface area contributed by atoms with Crippen molar-refractivity contribution in [2.75, 3.05) is 23.8 Å². The molecule has 0 atom stereocenters. The number of hydrogen-bond acceptors (Lipinski definition) is 3. The van der Waals surface area contributed by atoms with Crippen molar-refractivity contribution in [2.24, 2.45) is 0 Å². The van der Waals surface area contributed by atoms with Gasteiger partial charge in [0.05, 0.1) is 6.61 Å². The number of rotatable bonds is 4. The molecule has 3 N–H and O–H groups in total. The van der Waals surface area contributed by atoms with Gasteiger partial charge in [0.1, 0.15) is 0 Å². The summed E-state index contributed by atoms with van der Waals surface area (Å²) < 4.78 is 0. The molecule has 1 aromatic carbocycles. The van der Waals surface area contributed by atoms with Gasteiger partial charge in [-0.15, -0.1) is 0 Å². The number of nitrogens with two attached hydrogens (primary N) is 1. The highest BCUT2D eigenvalue weighted by Gasteiger charge is 2.29. The van der Waals surface area contributed by atoms with Gasteiger partial charge in [0.15, 0.2) is 0 Å². The van der Waals surface area contributed by atoms with Crippen LogP contribution in [0.5, 0.6) is 0 Å². The lowest BCUT2D eigenvalue weighted by molar-refractivity contribution is 0.301. The summed E-state index contributed by atoms with van der Waals surface area (Å²) in [6.07, 6.45) is 2.48. The Hall–Kier alpha value is -1.22. The maximum Gasteiger partial charge on any atom is 0.0606 e. The van der Waals surface area contributed by atoms with Crippen molar-refractivity contribution < 1.29 is 5.11 Å². The summed E-state index contributed by atoms with van der Waals surface area (Å²) in [7, 11) is 0. The largest absolute Gasteiger partial charge is 0.399 e. The fourth-order valence-corrected chi connectivity index (χ4v) is 1.99. The molecule has 0 radical (unpaired) electrons. The first-order valence-corrected chi connectivity index (χ1v) is 5.46. The lowest BCUT2D eigenvalue weighted by atomic mass is 10.1. The van der Waals surface area contributed by atoms with Crippen molar-refractivity contribution in [3.8, 4) is 0 Å². The zero-order chi connectivity index (χ0) is 10.8. The van der Waals surface area contributed by atoms with Crippen LogP contribution in [0.15, 0.2) is 18.2 Å². The predicted molar refractivity (Wildman–Crippen MR) is 63.0 cm³/mol. The molecule has 1 fully saturated rings. The number of aryl methyl sites for hydroxylation is 1. The van der Waals surface area contributed by atoms with E-state index < -0.39 is 0 Å². The number of benzene rings is 1. The average Bonchev–Trinajstić information content (AvgIpc) is 2.98. The molecule has 3 heteroatoms. The molecule has 0 spiro atoms. The minimum atomic E-state index is 0.209. The normalized spacial score (nSPS) is 15.3. The third-order valence-corrected chi connectivity index (χ3v) is 2.86. The molecule has 0 bridgehead atoms. The standard InChI is InChI=1S/C12H18N2O/c1-9-8-10(13)2-5-12(9)14(6-7-15)11-3-4-11/h2,5,8,11,15H,3-4,6-7,13H2,1H3. The van der Waals surface area contributed by atoms with Crippen LogP contribution < -0.4 is 10.6 Å². The van der Waals surface area contributed by atoms with E-state index in [0.29, 0.717) is 6.04 Å². The zero-order valence-electron chi connectivity index (χ0n) is 9.11. The summed E-state index contributed by atoms with van der Waals surface area (Å²) in [5, 5.41) is 9.05. The van der Waals surface area contributed by atoms with E-state index in [1.54, 1.807) is 0 Å². The lowest BCUT2D eigenvalue weighted by Crippen LogP contribution is -2.29. The van der Waals surface area contributed by atoms with E-state index in [-0.39, 0.29) is 6.61 Å². The monoisotopic (exact) mass is 206 g/mol. The van der Waals surface area contributed by atoms with E-state index in [4.69, 9.17) is 10.8 Å². The maximum absolute atomic E-state index is 9.05. The molecule has 0 saturated heterocycles. The first-order valence-electron chi connectivity index (χ1n) is 5.46. The minimum absolute atomic E-state index is 0.209. The van der Waals surface area contributed by atoms with E-state index in [1.165, 1.54) is 24.1 Å². The van der Waals surface area contributed by atoms with E-state index in [2.05, 4.69) is 17.9 Å². The highest BCUT2D eigenvalue weighted by Crippen LogP contribution is 2.33. The van der Waals surface area contributed by atoms with Gasteiger partial charge in [0.2, 0.25) is 0 Å². The van der Waals surface area contributed by atoms with Crippen molar-refractivity contribution in [3.63, 3.8) is 0 Å². The van der Waals surface area contributed by atoms with Crippen molar-refractivity contribution in [1.82, 2.24) is 0 Å². The highest BCUT2D eigenvalue weighted by atomic mass is 16.3. The summed E-state index contributed by atoms with van der Waals surface area (Å²) in [5.41, 5.74) is 8.93. The van der Waals surface area contributed by atoms with Gasteiger partial charge in [0.25, 0.3) is 0 Å². The van der Waals surface area contributed by atoms with Crippen LogP contribution in [-0.4, -0.2) is 24.3 Å². The molecule has 82 valence electrons. The number of anilines is 2. The SMILES string of the molecule is Cc1cc(N)ccc1N(CCO)C1CC1. The van der Waals surface area contributed by atoms with Gasteiger partial charge in [0, 0.05) is 24.0 Å². The van der Waals surface area contributed by atoms with Crippen LogP contribution in [0.4, 0.5) is 11.4 Å². The van der Waals surface area contributed by atoms with Gasteiger partial charge in [-0.3, -0.25) is 0 Å². The van der Waals surface area contributed by atoms with Crippen LogP contribution in [0, 0.1) is 6.92 Å². The molecule has 0 amide bonds. The van der Waals surface area contributed by atoms with Gasteiger partial charge in [-0.2, -0.15) is 0 Å². The van der Waals surface area contributed by atoms with E-state index >= 15 is 0 Å². The van der Waals surface area contributed by atoms with Crippen LogP contribution >= 0.6 is 0 Å². The van der Waals surface area contributed by atoms with Crippen LogP contribution in [0.2, 0.25) is 0 Å². The molecule has 3 nitrogen and oxygen atoms in total. The Labute approximate surface area is 90.5 Å². The summed E-state index contributed by atoms with van der Waals surface area (Å²) in [5.74, 6) is 0. The Morgan fingerprint density at radius 3 is 2.73 bits per heavy atom. The van der Waals surface area contributed by atoms with E-state index in [1.807, 2.05) is 12.1 Å². The van der Waals surface area contributed by atoms with E-state index in [0.717, 1.165) is 12.2 Å². The Bertz CT molecular complexity index is 347. The predicted octanol–water partition coefficient (Wildman–Crippen LogP) is 1.54. The lowest BCUT2D eigenvalue weighted by Gasteiger charge is -2.25. The molecule has 2 rings (SSSR count). The van der Waals surface area contributed by atoms with Gasteiger partial charge in [-0.1, -0.05) is 0 Å². The third kappa shape index (κ3) is 2.23. The minimum Gasteiger partial charge on any atom is -0.399 e. The molecule has 0 aromatic heterocycles. The molecule has 0 aliphatic heterocycles. The zero-order valence-corrected chi connectivity index (χ0v) is 9.11. The second-order valence-electron chi connectivity index (χ2n) is 4.19. The van der Waals surface area contributed by atoms with Gasteiger partial charge < -0.3 is 15.7 Å². The van der Waals surface area contributed by atoms with Gasteiger partial charge >= 0.3 is 0 Å². The molecule has 1 aliphatic rings. The number of aliphatic hydroxyl groups is 1. The second kappa shape index (κ2) is 4.11. The van der Waals surface area contributed by atoms with Gasteiger partial charge in [-0.25, -0.2) is 0 Å². The Kier molecular flexibility index (Phi) is 2.82. The highest BCUT2D eigenvalue weighted by molar-refractivity contribution is 5.60. The first-order chi connectivity index (χ1) is 7.22. The van der Waals surface area contributed by atoms with Gasteiger partial charge in [-0.05, 0) is 43.5 Å². The van der Waals surface area contributed by atoms with Crippen molar-refractivity contribution in [3.05, 3.63) is 23.8 Å². The van der Waals surface area contributed by atoms with E-state index in [9.17, 15) is 0 Å². The summed E-state index contributed by atoms with van der Waals surface area (Å²) in [6, 6.07) is 6.59. The number of nitrogens with zero attached hydrogens (tertiary/aromatic N) is 1. The first kappa shape index (κ1) is 10.3. The molecule has 1 aliphatic carbocycles. The molecule has 0 heterocycles. The maximum atomic E-state index is 9.05. The molecule has 1 aromatic rings. The molecule has 0 unspecified atom stereocenters. The van der Waals surface area contributed by atoms with Crippen molar-refractivity contribution in [1.29, 1.82) is 0 Å². The Balaban J connectivity index is 2.24. The fourth-order valence-electron chi connectivity index (χ4n) is 1.99. The fraction of sp³-hybridized carbons (Fsp3) is 0.500. The topological polar surface area (TPSA) is 49.5 Å².